The van der Waals surface area contributed by atoms with Crippen LogP contribution in [0.5, 0.6) is 0 Å². The van der Waals surface area contributed by atoms with Crippen molar-refractivity contribution in [1.29, 1.82) is 0 Å². The van der Waals surface area contributed by atoms with Crippen LogP contribution in [0.15, 0.2) is 48.5 Å². The molecule has 0 aromatic heterocycles. The zero-order chi connectivity index (χ0) is 14.3. The first-order chi connectivity index (χ1) is 9.59. The van der Waals surface area contributed by atoms with Gasteiger partial charge in [0.25, 0.3) is 5.91 Å². The normalized spacial score (nSPS) is 21.1. The third-order valence-electron chi connectivity index (χ3n) is 3.88. The van der Waals surface area contributed by atoms with Crippen LogP contribution >= 0.6 is 11.6 Å². The van der Waals surface area contributed by atoms with E-state index in [1.165, 1.54) is 12.2 Å². The molecule has 0 N–H and O–H groups in total. The first-order valence-corrected chi connectivity index (χ1v) is 6.71. The summed E-state index contributed by atoms with van der Waals surface area (Å²) >= 11 is 5.94. The highest BCUT2D eigenvalue weighted by atomic mass is 35.5. The summed E-state index contributed by atoms with van der Waals surface area (Å²) in [5.74, 6) is -0.0940. The fourth-order valence-electron chi connectivity index (χ4n) is 2.74. The van der Waals surface area contributed by atoms with E-state index >= 15 is 0 Å². The van der Waals surface area contributed by atoms with Gasteiger partial charge in [-0.2, -0.15) is 5.06 Å². The minimum Gasteiger partial charge on any atom is -0.271 e. The topological polar surface area (TPSA) is 29.5 Å². The van der Waals surface area contributed by atoms with Crippen LogP contribution in [0.1, 0.15) is 18.1 Å². The number of nitrogens with zero attached hydrogens (tertiary/aromatic N) is 1. The van der Waals surface area contributed by atoms with E-state index < -0.39 is 5.41 Å². The van der Waals surface area contributed by atoms with Gasteiger partial charge in [0.2, 0.25) is 0 Å². The summed E-state index contributed by atoms with van der Waals surface area (Å²) in [6.45, 7) is 1.91. The summed E-state index contributed by atoms with van der Waals surface area (Å²) in [5, 5.41) is 2.00. The van der Waals surface area contributed by atoms with Gasteiger partial charge in [-0.05, 0) is 36.2 Å². The van der Waals surface area contributed by atoms with Gasteiger partial charge in [0, 0.05) is 5.02 Å². The molecule has 3 nitrogen and oxygen atoms in total. The largest absolute Gasteiger partial charge is 0.271 e. The summed E-state index contributed by atoms with van der Waals surface area (Å²) in [7, 11) is 1.50. The maximum Gasteiger partial charge on any atom is 0.265 e. The van der Waals surface area contributed by atoms with Crippen molar-refractivity contribution in [1.82, 2.24) is 0 Å². The van der Waals surface area contributed by atoms with Gasteiger partial charge in [-0.25, -0.2) is 0 Å². The maximum atomic E-state index is 12.8. The molecule has 20 heavy (non-hydrogen) atoms. The fourth-order valence-corrected chi connectivity index (χ4v) is 2.87. The van der Waals surface area contributed by atoms with Crippen LogP contribution in [0.25, 0.3) is 0 Å². The van der Waals surface area contributed by atoms with Gasteiger partial charge in [-0.15, -0.1) is 0 Å². The number of fused-ring (bicyclic) bond motifs is 1. The average molecular weight is 288 g/mol. The lowest BCUT2D eigenvalue weighted by molar-refractivity contribution is -0.127. The van der Waals surface area contributed by atoms with Crippen molar-refractivity contribution in [3.8, 4) is 0 Å². The second kappa shape index (κ2) is 4.62. The van der Waals surface area contributed by atoms with Gasteiger partial charge in [-0.1, -0.05) is 41.9 Å². The smallest absolute Gasteiger partial charge is 0.265 e. The summed E-state index contributed by atoms with van der Waals surface area (Å²) < 4.78 is 0. The lowest BCUT2D eigenvalue weighted by atomic mass is 9.77. The van der Waals surface area contributed by atoms with Crippen molar-refractivity contribution in [2.75, 3.05) is 12.2 Å². The quantitative estimate of drug-likeness (QED) is 0.845. The van der Waals surface area contributed by atoms with Crippen LogP contribution in [0, 0.1) is 0 Å². The predicted octanol–water partition coefficient (Wildman–Crippen LogP) is 3.55. The van der Waals surface area contributed by atoms with E-state index in [4.69, 9.17) is 16.4 Å². The van der Waals surface area contributed by atoms with Crippen LogP contribution in [0.4, 0.5) is 5.69 Å². The molecule has 102 valence electrons. The van der Waals surface area contributed by atoms with Gasteiger partial charge in [0.05, 0.1) is 12.8 Å². The number of hydroxylamine groups is 1. The van der Waals surface area contributed by atoms with Crippen LogP contribution < -0.4 is 5.06 Å². The van der Waals surface area contributed by atoms with E-state index in [9.17, 15) is 4.79 Å². The fraction of sp³-hybridized carbons (Fsp3) is 0.188. The summed E-state index contributed by atoms with van der Waals surface area (Å²) in [5.41, 5.74) is 1.88. The number of hydrogen-bond donors (Lipinski definition) is 0. The van der Waals surface area contributed by atoms with E-state index in [1.807, 2.05) is 43.3 Å². The summed E-state index contributed by atoms with van der Waals surface area (Å²) in [6, 6.07) is 15.0. The Labute approximate surface area is 122 Å². The standard InChI is InChI=1S/C16H14ClNO2/c1-16(11-7-9-12(17)10-8-11)13-5-3-4-6-14(13)18(20-2)15(16)19/h3-10H,1-2H3. The second-order valence-electron chi connectivity index (χ2n) is 4.93. The molecule has 4 heteroatoms. The number of para-hydroxylation sites is 1. The molecule has 0 aliphatic carbocycles. The molecule has 0 bridgehead atoms. The zero-order valence-electron chi connectivity index (χ0n) is 11.3. The van der Waals surface area contributed by atoms with Crippen molar-refractivity contribution in [2.24, 2.45) is 0 Å². The highest BCUT2D eigenvalue weighted by Gasteiger charge is 2.49. The number of carbonyl (C=O) groups is 1. The Hall–Kier alpha value is -1.84. The molecular formula is C16H14ClNO2. The van der Waals surface area contributed by atoms with E-state index in [1.54, 1.807) is 12.1 Å². The lowest BCUT2D eigenvalue weighted by Gasteiger charge is -2.24. The predicted molar refractivity (Wildman–Crippen MR) is 78.8 cm³/mol. The Bertz CT molecular complexity index is 668. The lowest BCUT2D eigenvalue weighted by Crippen LogP contribution is -2.38. The molecule has 0 saturated heterocycles. The number of amides is 1. The molecular weight excluding hydrogens is 274 g/mol. The minimum atomic E-state index is -0.753. The van der Waals surface area contributed by atoms with E-state index in [0.717, 1.165) is 16.8 Å². The van der Waals surface area contributed by atoms with Crippen molar-refractivity contribution < 1.29 is 9.63 Å². The van der Waals surface area contributed by atoms with Crippen molar-refractivity contribution in [2.45, 2.75) is 12.3 Å². The van der Waals surface area contributed by atoms with Crippen molar-refractivity contribution in [3.63, 3.8) is 0 Å². The zero-order valence-corrected chi connectivity index (χ0v) is 12.0. The first kappa shape index (κ1) is 13.2. The van der Waals surface area contributed by atoms with Gasteiger partial charge in [0.15, 0.2) is 0 Å². The Morgan fingerprint density at radius 1 is 1.10 bits per heavy atom. The first-order valence-electron chi connectivity index (χ1n) is 6.33. The molecule has 1 heterocycles. The number of anilines is 1. The second-order valence-corrected chi connectivity index (χ2v) is 5.37. The number of halogens is 1. The van der Waals surface area contributed by atoms with Gasteiger partial charge in [-0.3, -0.25) is 9.63 Å². The van der Waals surface area contributed by atoms with Crippen LogP contribution in [-0.2, 0) is 15.0 Å². The Morgan fingerprint density at radius 2 is 1.75 bits per heavy atom. The van der Waals surface area contributed by atoms with E-state index in [0.29, 0.717) is 5.02 Å². The number of hydrogen-bond acceptors (Lipinski definition) is 2. The van der Waals surface area contributed by atoms with Crippen LogP contribution in [0.3, 0.4) is 0 Å². The number of rotatable bonds is 2. The monoisotopic (exact) mass is 287 g/mol. The van der Waals surface area contributed by atoms with Crippen molar-refractivity contribution >= 4 is 23.2 Å². The minimum absolute atomic E-state index is 0.0940. The molecule has 0 spiro atoms. The highest BCUT2D eigenvalue weighted by Crippen LogP contribution is 2.45. The molecule has 1 amide bonds. The molecule has 1 atom stereocenters. The van der Waals surface area contributed by atoms with Gasteiger partial charge >= 0.3 is 0 Å². The Balaban J connectivity index is 2.22. The number of benzene rings is 2. The SMILES string of the molecule is CON1C(=O)C(C)(c2ccc(Cl)cc2)c2ccccc21. The molecule has 1 aliphatic heterocycles. The summed E-state index contributed by atoms with van der Waals surface area (Å²) in [6.07, 6.45) is 0. The van der Waals surface area contributed by atoms with Gasteiger partial charge < -0.3 is 0 Å². The van der Waals surface area contributed by atoms with Crippen molar-refractivity contribution in [3.05, 3.63) is 64.7 Å². The van der Waals surface area contributed by atoms with Crippen LogP contribution in [-0.4, -0.2) is 13.0 Å². The Kier molecular flexibility index (Phi) is 3.04. The molecule has 0 saturated carbocycles. The maximum absolute atomic E-state index is 12.8. The Morgan fingerprint density at radius 3 is 2.40 bits per heavy atom. The van der Waals surface area contributed by atoms with E-state index in [2.05, 4.69) is 0 Å². The third kappa shape index (κ3) is 1.67. The third-order valence-corrected chi connectivity index (χ3v) is 4.13. The molecule has 0 fully saturated rings. The summed E-state index contributed by atoms with van der Waals surface area (Å²) in [4.78, 5) is 18.0. The van der Waals surface area contributed by atoms with Gasteiger partial charge in [0.1, 0.15) is 5.41 Å². The molecule has 2 aromatic rings. The molecule has 3 rings (SSSR count). The molecule has 1 unspecified atom stereocenters. The molecule has 2 aromatic carbocycles. The highest BCUT2D eigenvalue weighted by molar-refractivity contribution is 6.30. The molecule has 1 aliphatic rings. The number of carbonyl (C=O) groups excluding carboxylic acids is 1. The van der Waals surface area contributed by atoms with E-state index in [-0.39, 0.29) is 5.91 Å². The molecule has 0 radical (unpaired) electrons. The average Bonchev–Trinajstić information content (AvgIpc) is 2.69. The van der Waals surface area contributed by atoms with Crippen LogP contribution in [0.2, 0.25) is 5.02 Å².